The molecule has 0 aromatic heterocycles. The molecule has 1 saturated heterocycles. The van der Waals surface area contributed by atoms with Gasteiger partial charge in [-0.3, -0.25) is 4.79 Å². The number of piperidine rings is 1. The lowest BCUT2D eigenvalue weighted by Gasteiger charge is -2.31. The third-order valence-electron chi connectivity index (χ3n) is 4.85. The molecule has 22 heavy (non-hydrogen) atoms. The summed E-state index contributed by atoms with van der Waals surface area (Å²) in [6.07, 6.45) is 2.11. The van der Waals surface area contributed by atoms with Crippen LogP contribution >= 0.6 is 0 Å². The van der Waals surface area contributed by atoms with Crippen molar-refractivity contribution >= 4 is 15.9 Å². The van der Waals surface area contributed by atoms with Gasteiger partial charge in [0.05, 0.1) is 5.25 Å². The van der Waals surface area contributed by atoms with E-state index in [-0.39, 0.29) is 24.3 Å². The Morgan fingerprint density at radius 2 is 2.05 bits per heavy atom. The Balaban J connectivity index is 1.67. The number of nitrogens with two attached hydrogens (primary N) is 1. The number of carbonyl (C=O) groups is 1. The number of likely N-dealkylation sites (tertiary alicyclic amines) is 1. The normalized spacial score (nSPS) is 28.5. The zero-order valence-corrected chi connectivity index (χ0v) is 13.6. The molecule has 3 unspecified atom stereocenters. The zero-order valence-electron chi connectivity index (χ0n) is 12.7. The van der Waals surface area contributed by atoms with E-state index in [2.05, 4.69) is 19.1 Å². The van der Waals surface area contributed by atoms with Crippen molar-refractivity contribution < 1.29 is 13.2 Å². The Hall–Kier alpha value is -1.40. The van der Waals surface area contributed by atoms with E-state index in [9.17, 15) is 13.2 Å². The van der Waals surface area contributed by atoms with Crippen LogP contribution in [0.5, 0.6) is 0 Å². The van der Waals surface area contributed by atoms with Crippen molar-refractivity contribution in [3.05, 3.63) is 35.4 Å². The van der Waals surface area contributed by atoms with Crippen molar-refractivity contribution in [3.8, 4) is 0 Å². The lowest BCUT2D eigenvalue weighted by molar-refractivity contribution is -0.133. The SMILES string of the molecule is Cc1ccccc1C1CC1C(=O)N1CCCC(S(N)(=O)=O)C1. The Labute approximate surface area is 131 Å². The lowest BCUT2D eigenvalue weighted by Crippen LogP contribution is -2.47. The van der Waals surface area contributed by atoms with Gasteiger partial charge < -0.3 is 4.90 Å². The lowest BCUT2D eigenvalue weighted by atomic mass is 10.0. The van der Waals surface area contributed by atoms with Crippen LogP contribution in [0.3, 0.4) is 0 Å². The van der Waals surface area contributed by atoms with E-state index in [0.29, 0.717) is 19.4 Å². The average Bonchev–Trinajstić information content (AvgIpc) is 3.26. The number of primary sulfonamides is 1. The van der Waals surface area contributed by atoms with Gasteiger partial charge in [0.15, 0.2) is 0 Å². The number of amides is 1. The van der Waals surface area contributed by atoms with Gasteiger partial charge in [0.1, 0.15) is 0 Å². The van der Waals surface area contributed by atoms with Crippen LogP contribution in [0.2, 0.25) is 0 Å². The zero-order chi connectivity index (χ0) is 15.9. The standard InChI is InChI=1S/C16H22N2O3S/c1-11-5-2-3-7-13(11)14-9-15(14)16(19)18-8-4-6-12(10-18)22(17,20)21/h2-3,5,7,12,14-15H,4,6,8-10H2,1H3,(H2,17,20,21). The monoisotopic (exact) mass is 322 g/mol. The molecule has 1 aliphatic heterocycles. The van der Waals surface area contributed by atoms with Gasteiger partial charge >= 0.3 is 0 Å². The second-order valence-corrected chi connectivity index (χ2v) is 8.29. The highest BCUT2D eigenvalue weighted by Gasteiger charge is 2.47. The minimum Gasteiger partial charge on any atom is -0.341 e. The highest BCUT2D eigenvalue weighted by molar-refractivity contribution is 7.89. The van der Waals surface area contributed by atoms with Crippen molar-refractivity contribution in [1.29, 1.82) is 0 Å². The molecule has 0 radical (unpaired) electrons. The number of nitrogens with zero attached hydrogens (tertiary/aromatic N) is 1. The fourth-order valence-electron chi connectivity index (χ4n) is 3.46. The third kappa shape index (κ3) is 3.03. The maximum Gasteiger partial charge on any atom is 0.226 e. The molecule has 1 aromatic carbocycles. The van der Waals surface area contributed by atoms with Gasteiger partial charge in [-0.25, -0.2) is 13.6 Å². The first-order chi connectivity index (χ1) is 10.4. The minimum atomic E-state index is -3.56. The van der Waals surface area contributed by atoms with E-state index in [1.54, 1.807) is 4.90 Å². The van der Waals surface area contributed by atoms with Crippen LogP contribution in [0.4, 0.5) is 0 Å². The summed E-state index contributed by atoms with van der Waals surface area (Å²) in [4.78, 5) is 14.3. The van der Waals surface area contributed by atoms with E-state index < -0.39 is 15.3 Å². The summed E-state index contributed by atoms with van der Waals surface area (Å²) in [5.74, 6) is 0.366. The summed E-state index contributed by atoms with van der Waals surface area (Å²) in [7, 11) is -3.56. The fourth-order valence-corrected chi connectivity index (χ4v) is 4.34. The van der Waals surface area contributed by atoms with Crippen LogP contribution in [0, 0.1) is 12.8 Å². The molecule has 120 valence electrons. The van der Waals surface area contributed by atoms with Crippen molar-refractivity contribution in [2.75, 3.05) is 13.1 Å². The quantitative estimate of drug-likeness (QED) is 0.913. The van der Waals surface area contributed by atoms with Crippen molar-refractivity contribution in [1.82, 2.24) is 4.90 Å². The maximum atomic E-state index is 12.6. The van der Waals surface area contributed by atoms with Gasteiger partial charge in [-0.2, -0.15) is 0 Å². The minimum absolute atomic E-state index is 0.000304. The Kier molecular flexibility index (Phi) is 3.99. The molecule has 2 N–H and O–H groups in total. The summed E-state index contributed by atoms with van der Waals surface area (Å²) < 4.78 is 23.0. The largest absolute Gasteiger partial charge is 0.341 e. The topological polar surface area (TPSA) is 80.5 Å². The predicted octanol–water partition coefficient (Wildman–Crippen LogP) is 1.38. The molecule has 2 fully saturated rings. The Morgan fingerprint density at radius 1 is 1.32 bits per heavy atom. The molecule has 0 spiro atoms. The van der Waals surface area contributed by atoms with Crippen LogP contribution in [0.25, 0.3) is 0 Å². The van der Waals surface area contributed by atoms with E-state index in [1.165, 1.54) is 11.1 Å². The van der Waals surface area contributed by atoms with E-state index in [4.69, 9.17) is 5.14 Å². The molecule has 0 bridgehead atoms. The van der Waals surface area contributed by atoms with Gasteiger partial charge in [-0.05, 0) is 43.2 Å². The average molecular weight is 322 g/mol. The van der Waals surface area contributed by atoms with E-state index in [0.717, 1.165) is 6.42 Å². The van der Waals surface area contributed by atoms with Crippen molar-refractivity contribution in [3.63, 3.8) is 0 Å². The number of sulfonamides is 1. The molecule has 1 aliphatic carbocycles. The highest BCUT2D eigenvalue weighted by atomic mass is 32.2. The third-order valence-corrected chi connectivity index (χ3v) is 6.16. The molecule has 3 atom stereocenters. The molecule has 1 heterocycles. The maximum absolute atomic E-state index is 12.6. The Morgan fingerprint density at radius 3 is 2.73 bits per heavy atom. The first kappa shape index (κ1) is 15.5. The molecule has 2 aliphatic rings. The molecule has 1 aromatic rings. The predicted molar refractivity (Wildman–Crippen MR) is 84.7 cm³/mol. The molecule has 5 nitrogen and oxygen atoms in total. The number of aryl methyl sites for hydroxylation is 1. The highest BCUT2D eigenvalue weighted by Crippen LogP contribution is 2.49. The smallest absolute Gasteiger partial charge is 0.226 e. The van der Waals surface area contributed by atoms with Gasteiger partial charge in [0, 0.05) is 19.0 Å². The molecule has 1 saturated carbocycles. The number of benzene rings is 1. The van der Waals surface area contributed by atoms with E-state index >= 15 is 0 Å². The summed E-state index contributed by atoms with van der Waals surface area (Å²) >= 11 is 0. The summed E-state index contributed by atoms with van der Waals surface area (Å²) in [6, 6.07) is 8.14. The van der Waals surface area contributed by atoms with Crippen LogP contribution in [0.15, 0.2) is 24.3 Å². The van der Waals surface area contributed by atoms with Crippen molar-refractivity contribution in [2.45, 2.75) is 37.4 Å². The van der Waals surface area contributed by atoms with Gasteiger partial charge in [0.2, 0.25) is 15.9 Å². The first-order valence-corrected chi connectivity index (χ1v) is 9.35. The number of carbonyl (C=O) groups excluding carboxylic acids is 1. The molecule has 3 rings (SSSR count). The molecular weight excluding hydrogens is 300 g/mol. The number of hydrogen-bond acceptors (Lipinski definition) is 3. The van der Waals surface area contributed by atoms with E-state index in [1.807, 2.05) is 12.1 Å². The summed E-state index contributed by atoms with van der Waals surface area (Å²) in [5.41, 5.74) is 2.45. The molecular formula is C16H22N2O3S. The fraction of sp³-hybridized carbons (Fsp3) is 0.562. The Bertz CT molecular complexity index is 686. The van der Waals surface area contributed by atoms with Crippen LogP contribution < -0.4 is 5.14 Å². The van der Waals surface area contributed by atoms with Crippen molar-refractivity contribution in [2.24, 2.45) is 11.1 Å². The van der Waals surface area contributed by atoms with Crippen LogP contribution in [-0.2, 0) is 14.8 Å². The second kappa shape index (κ2) is 5.66. The molecule has 1 amide bonds. The van der Waals surface area contributed by atoms with Gasteiger partial charge in [0.25, 0.3) is 0 Å². The van der Waals surface area contributed by atoms with Crippen LogP contribution in [0.1, 0.15) is 36.3 Å². The second-order valence-electron chi connectivity index (χ2n) is 6.44. The number of hydrogen-bond donors (Lipinski definition) is 1. The van der Waals surface area contributed by atoms with Gasteiger partial charge in [-0.15, -0.1) is 0 Å². The number of rotatable bonds is 3. The van der Waals surface area contributed by atoms with Crippen LogP contribution in [-0.4, -0.2) is 37.6 Å². The first-order valence-electron chi connectivity index (χ1n) is 7.74. The summed E-state index contributed by atoms with van der Waals surface area (Å²) in [6.45, 7) is 2.95. The molecule has 6 heteroatoms. The van der Waals surface area contributed by atoms with Gasteiger partial charge in [-0.1, -0.05) is 24.3 Å². The summed E-state index contributed by atoms with van der Waals surface area (Å²) in [5, 5.41) is 4.63.